The molecule has 0 aromatic heterocycles. The molecule has 4 rings (SSSR count). The Kier molecular flexibility index (Phi) is 5.19. The first-order valence-corrected chi connectivity index (χ1v) is 11.1. The highest BCUT2D eigenvalue weighted by molar-refractivity contribution is 7.90. The van der Waals surface area contributed by atoms with Crippen molar-refractivity contribution in [3.8, 4) is 0 Å². The van der Waals surface area contributed by atoms with Gasteiger partial charge in [0.25, 0.3) is 15.9 Å². The van der Waals surface area contributed by atoms with Gasteiger partial charge in [-0.3, -0.25) is 24.1 Å². The molecule has 0 unspecified atom stereocenters. The molecule has 0 spiro atoms. The van der Waals surface area contributed by atoms with Gasteiger partial charge in [-0.1, -0.05) is 24.3 Å². The Morgan fingerprint density at radius 1 is 1.00 bits per heavy atom. The first kappa shape index (κ1) is 20.3. The fourth-order valence-electron chi connectivity index (χ4n) is 4.06. The molecule has 158 valence electrons. The molecule has 9 nitrogen and oxygen atoms in total. The Labute approximate surface area is 173 Å². The van der Waals surface area contributed by atoms with Crippen LogP contribution in [0, 0.1) is 11.8 Å². The minimum absolute atomic E-state index is 0.0664. The second-order valence-electron chi connectivity index (χ2n) is 7.33. The first-order valence-electron chi connectivity index (χ1n) is 9.64. The summed E-state index contributed by atoms with van der Waals surface area (Å²) < 4.78 is 30.6. The molecule has 0 saturated carbocycles. The second-order valence-corrected chi connectivity index (χ2v) is 9.16. The van der Waals surface area contributed by atoms with Crippen molar-refractivity contribution in [1.29, 1.82) is 0 Å². The summed E-state index contributed by atoms with van der Waals surface area (Å²) in [5.41, 5.74) is 0.0887. The Morgan fingerprint density at radius 2 is 1.63 bits per heavy atom. The molecule has 3 amide bonds. The van der Waals surface area contributed by atoms with Crippen molar-refractivity contribution in [2.75, 3.05) is 19.7 Å². The topological polar surface area (TPSA) is 118 Å². The molecular weight excluding hydrogens is 412 g/mol. The maximum atomic E-state index is 12.4. The number of hydrogen-bond donors (Lipinski definition) is 0. The number of rotatable bonds is 6. The number of ether oxygens (including phenoxy) is 1. The van der Waals surface area contributed by atoms with Gasteiger partial charge in [0.15, 0.2) is 0 Å². The standard InChI is InChI=1S/C20H20N2O7S/c23-17(9-10-21-18(24)13-5-1-2-6-14(13)19(21)25)29-12-11-22-20(26)15-7-3-4-8-16(15)30(22,27)28/h1-4,7-8,13-14H,5-6,9-12H2/t13-,14-/m0/s1. The van der Waals surface area contributed by atoms with Crippen LogP contribution in [0.25, 0.3) is 0 Å². The third-order valence-electron chi connectivity index (χ3n) is 5.61. The zero-order chi connectivity index (χ0) is 21.5. The second kappa shape index (κ2) is 7.67. The fourth-order valence-corrected chi connectivity index (χ4v) is 5.61. The van der Waals surface area contributed by atoms with Crippen LogP contribution >= 0.6 is 0 Å². The van der Waals surface area contributed by atoms with Gasteiger partial charge in [0.1, 0.15) is 11.5 Å². The van der Waals surface area contributed by atoms with Crippen molar-refractivity contribution < 1.29 is 32.3 Å². The van der Waals surface area contributed by atoms with Crippen molar-refractivity contribution >= 4 is 33.7 Å². The predicted molar refractivity (Wildman–Crippen MR) is 102 cm³/mol. The van der Waals surface area contributed by atoms with Crippen molar-refractivity contribution in [2.24, 2.45) is 11.8 Å². The molecule has 1 saturated heterocycles. The number of nitrogens with zero attached hydrogens (tertiary/aromatic N) is 2. The maximum absolute atomic E-state index is 12.4. The smallest absolute Gasteiger partial charge is 0.307 e. The largest absolute Gasteiger partial charge is 0.464 e. The van der Waals surface area contributed by atoms with E-state index in [0.29, 0.717) is 17.1 Å². The van der Waals surface area contributed by atoms with E-state index in [2.05, 4.69) is 0 Å². The van der Waals surface area contributed by atoms with Crippen molar-refractivity contribution in [3.05, 3.63) is 42.0 Å². The highest BCUT2D eigenvalue weighted by atomic mass is 32.2. The molecule has 1 fully saturated rings. The molecule has 0 radical (unpaired) electrons. The van der Waals surface area contributed by atoms with E-state index < -0.39 is 21.9 Å². The summed E-state index contributed by atoms with van der Waals surface area (Å²) in [6, 6.07) is 5.88. The van der Waals surface area contributed by atoms with Gasteiger partial charge >= 0.3 is 5.97 Å². The lowest BCUT2D eigenvalue weighted by Gasteiger charge is -2.16. The monoisotopic (exact) mass is 432 g/mol. The van der Waals surface area contributed by atoms with Crippen LogP contribution in [0.5, 0.6) is 0 Å². The van der Waals surface area contributed by atoms with Crippen LogP contribution in [0.1, 0.15) is 29.6 Å². The zero-order valence-electron chi connectivity index (χ0n) is 16.0. The number of allylic oxidation sites excluding steroid dienone is 2. The van der Waals surface area contributed by atoms with E-state index in [1.54, 1.807) is 6.07 Å². The molecule has 0 bridgehead atoms. The summed E-state index contributed by atoms with van der Waals surface area (Å²) in [6.07, 6.45) is 4.63. The number of carbonyl (C=O) groups is 4. The van der Waals surface area contributed by atoms with Gasteiger partial charge in [-0.2, -0.15) is 0 Å². The van der Waals surface area contributed by atoms with E-state index >= 15 is 0 Å². The Bertz CT molecular complexity index is 1040. The van der Waals surface area contributed by atoms with Crippen LogP contribution in [0.15, 0.2) is 41.3 Å². The third-order valence-corrected chi connectivity index (χ3v) is 7.45. The molecule has 1 aliphatic carbocycles. The number of benzene rings is 1. The quantitative estimate of drug-likeness (QED) is 0.369. The zero-order valence-corrected chi connectivity index (χ0v) is 16.8. The number of amides is 3. The van der Waals surface area contributed by atoms with E-state index in [4.69, 9.17) is 4.74 Å². The van der Waals surface area contributed by atoms with Gasteiger partial charge in [0.05, 0.1) is 30.4 Å². The normalized spacial score (nSPS) is 24.2. The lowest BCUT2D eigenvalue weighted by Crippen LogP contribution is -2.35. The molecule has 3 aliphatic rings. The number of likely N-dealkylation sites (tertiary alicyclic amines) is 1. The lowest BCUT2D eigenvalue weighted by atomic mass is 9.85. The number of esters is 1. The lowest BCUT2D eigenvalue weighted by molar-refractivity contribution is -0.145. The van der Waals surface area contributed by atoms with Crippen molar-refractivity contribution in [1.82, 2.24) is 9.21 Å². The minimum Gasteiger partial charge on any atom is -0.464 e. The van der Waals surface area contributed by atoms with E-state index in [1.807, 2.05) is 12.2 Å². The van der Waals surface area contributed by atoms with Gasteiger partial charge < -0.3 is 4.74 Å². The number of imide groups is 1. The van der Waals surface area contributed by atoms with Crippen molar-refractivity contribution in [3.63, 3.8) is 0 Å². The van der Waals surface area contributed by atoms with Gasteiger partial charge in [-0.15, -0.1) is 0 Å². The van der Waals surface area contributed by atoms with Gasteiger partial charge in [-0.25, -0.2) is 12.7 Å². The van der Waals surface area contributed by atoms with Gasteiger partial charge in [0, 0.05) is 6.54 Å². The molecule has 0 N–H and O–H groups in total. The van der Waals surface area contributed by atoms with Crippen LogP contribution in [0.4, 0.5) is 0 Å². The van der Waals surface area contributed by atoms with Crippen LogP contribution in [-0.4, -0.2) is 61.0 Å². The van der Waals surface area contributed by atoms with Crippen LogP contribution in [0.3, 0.4) is 0 Å². The van der Waals surface area contributed by atoms with Crippen molar-refractivity contribution in [2.45, 2.75) is 24.2 Å². The van der Waals surface area contributed by atoms with Gasteiger partial charge in [0.2, 0.25) is 11.8 Å². The first-order chi connectivity index (χ1) is 14.3. The van der Waals surface area contributed by atoms with Crippen LogP contribution in [0.2, 0.25) is 0 Å². The predicted octanol–water partition coefficient (Wildman–Crippen LogP) is 0.716. The van der Waals surface area contributed by atoms with Gasteiger partial charge in [-0.05, 0) is 25.0 Å². The summed E-state index contributed by atoms with van der Waals surface area (Å²) in [4.78, 5) is 50.1. The summed E-state index contributed by atoms with van der Waals surface area (Å²) in [5, 5.41) is 0. The highest BCUT2D eigenvalue weighted by Gasteiger charge is 2.47. The number of carbonyl (C=O) groups excluding carboxylic acids is 4. The van der Waals surface area contributed by atoms with E-state index in [0.717, 1.165) is 4.90 Å². The molecule has 2 heterocycles. The summed E-state index contributed by atoms with van der Waals surface area (Å²) in [6.45, 7) is -0.691. The third kappa shape index (κ3) is 3.30. The molecule has 10 heteroatoms. The molecular formula is C20H20N2O7S. The molecule has 2 aliphatic heterocycles. The molecule has 30 heavy (non-hydrogen) atoms. The SMILES string of the molecule is O=C(CCN1C(=O)[C@H]2CC=CC[C@@H]2C1=O)OCCN1C(=O)c2ccccc2S1(=O)=O. The Balaban J connectivity index is 1.28. The van der Waals surface area contributed by atoms with E-state index in [9.17, 15) is 27.6 Å². The highest BCUT2D eigenvalue weighted by Crippen LogP contribution is 2.35. The summed E-state index contributed by atoms with van der Waals surface area (Å²) in [7, 11) is -3.96. The van der Waals surface area contributed by atoms with E-state index in [1.165, 1.54) is 18.2 Å². The molecule has 1 aromatic rings. The summed E-state index contributed by atoms with van der Waals surface area (Å²) >= 11 is 0. The maximum Gasteiger partial charge on any atom is 0.307 e. The fraction of sp³-hybridized carbons (Fsp3) is 0.400. The Hall–Kier alpha value is -3.01. The average molecular weight is 432 g/mol. The van der Waals surface area contributed by atoms with Crippen LogP contribution in [-0.2, 0) is 29.1 Å². The molecule has 1 aromatic carbocycles. The molecule has 2 atom stereocenters. The summed E-state index contributed by atoms with van der Waals surface area (Å²) in [5.74, 6) is -2.59. The number of hydrogen-bond acceptors (Lipinski definition) is 7. The Morgan fingerprint density at radius 3 is 2.27 bits per heavy atom. The van der Waals surface area contributed by atoms with E-state index in [-0.39, 0.29) is 60.2 Å². The minimum atomic E-state index is -3.96. The average Bonchev–Trinajstić information content (AvgIpc) is 3.10. The van der Waals surface area contributed by atoms with Crippen LogP contribution < -0.4 is 0 Å². The number of sulfonamides is 1. The number of fused-ring (bicyclic) bond motifs is 2.